The van der Waals surface area contributed by atoms with Crippen molar-refractivity contribution >= 4 is 5.82 Å². The number of likely N-dealkylation sites (tertiary alicyclic amines) is 1. The number of nitrogens with zero attached hydrogens (tertiary/aromatic N) is 7. The lowest BCUT2D eigenvalue weighted by Crippen LogP contribution is -2.31. The van der Waals surface area contributed by atoms with Crippen molar-refractivity contribution < 1.29 is 0 Å². The molecule has 2 aromatic heterocycles. The molecule has 0 aromatic carbocycles. The topological polar surface area (TPSA) is 63.0 Å². The molecule has 7 nitrogen and oxygen atoms in total. The van der Waals surface area contributed by atoms with Crippen LogP contribution in [0, 0.1) is 6.92 Å². The van der Waals surface area contributed by atoms with Crippen LogP contribution in [0.2, 0.25) is 0 Å². The van der Waals surface area contributed by atoms with Gasteiger partial charge in [-0.15, -0.1) is 15.3 Å². The molecule has 7 heteroatoms. The molecular weight excluding hydrogens is 302 g/mol. The fourth-order valence-electron chi connectivity index (χ4n) is 3.61. The first-order valence-corrected chi connectivity index (χ1v) is 8.98. The van der Waals surface area contributed by atoms with Crippen molar-refractivity contribution in [2.24, 2.45) is 0 Å². The molecule has 0 aliphatic carbocycles. The molecule has 0 radical (unpaired) electrons. The molecular formula is C17H25N7. The molecule has 4 heterocycles. The van der Waals surface area contributed by atoms with Gasteiger partial charge in [-0.1, -0.05) is 6.42 Å². The summed E-state index contributed by atoms with van der Waals surface area (Å²) in [5.41, 5.74) is 0.953. The molecule has 0 unspecified atom stereocenters. The van der Waals surface area contributed by atoms with E-state index in [0.717, 1.165) is 55.8 Å². The van der Waals surface area contributed by atoms with Crippen LogP contribution in [0.3, 0.4) is 0 Å². The van der Waals surface area contributed by atoms with Gasteiger partial charge < -0.3 is 9.47 Å². The fraction of sp³-hybridized carbons (Fsp3) is 0.647. The van der Waals surface area contributed by atoms with E-state index in [1.807, 2.05) is 13.0 Å². The molecule has 0 N–H and O–H groups in total. The Hall–Kier alpha value is -2.02. The Labute approximate surface area is 142 Å². The molecule has 128 valence electrons. The number of aromatic nitrogens is 5. The quantitative estimate of drug-likeness (QED) is 0.850. The van der Waals surface area contributed by atoms with Gasteiger partial charge in [0.1, 0.15) is 11.6 Å². The first-order chi connectivity index (χ1) is 11.8. The van der Waals surface area contributed by atoms with Crippen LogP contribution in [-0.2, 0) is 19.5 Å². The van der Waals surface area contributed by atoms with Crippen molar-refractivity contribution in [3.05, 3.63) is 29.5 Å². The number of rotatable bonds is 3. The lowest BCUT2D eigenvalue weighted by molar-refractivity contribution is 0.213. The van der Waals surface area contributed by atoms with Crippen LogP contribution in [0.4, 0.5) is 5.82 Å². The van der Waals surface area contributed by atoms with Gasteiger partial charge in [-0.25, -0.2) is 0 Å². The van der Waals surface area contributed by atoms with Crippen LogP contribution in [-0.4, -0.2) is 56.0 Å². The average Bonchev–Trinajstić information content (AvgIpc) is 2.86. The highest BCUT2D eigenvalue weighted by molar-refractivity contribution is 5.37. The van der Waals surface area contributed by atoms with Crippen LogP contribution >= 0.6 is 0 Å². The Balaban J connectivity index is 1.46. The Morgan fingerprint density at radius 2 is 1.75 bits per heavy atom. The number of hydrogen-bond donors (Lipinski definition) is 0. The smallest absolute Gasteiger partial charge is 0.151 e. The van der Waals surface area contributed by atoms with Gasteiger partial charge in [0.25, 0.3) is 0 Å². The van der Waals surface area contributed by atoms with Crippen molar-refractivity contribution in [2.75, 3.05) is 31.1 Å². The largest absolute Gasteiger partial charge is 0.353 e. The van der Waals surface area contributed by atoms with E-state index in [4.69, 9.17) is 0 Å². The lowest BCUT2D eigenvalue weighted by atomic mass is 10.1. The second-order valence-corrected chi connectivity index (χ2v) is 6.79. The van der Waals surface area contributed by atoms with E-state index >= 15 is 0 Å². The number of anilines is 1. The minimum atomic E-state index is 0.905. The summed E-state index contributed by atoms with van der Waals surface area (Å²) in [4.78, 5) is 4.81. The summed E-state index contributed by atoms with van der Waals surface area (Å²) < 4.78 is 2.32. The van der Waals surface area contributed by atoms with Crippen LogP contribution in [0.1, 0.15) is 36.6 Å². The minimum absolute atomic E-state index is 0.905. The summed E-state index contributed by atoms with van der Waals surface area (Å²) >= 11 is 0. The average molecular weight is 327 g/mol. The maximum atomic E-state index is 4.47. The Bertz CT molecular complexity index is 673. The second-order valence-electron chi connectivity index (χ2n) is 6.79. The molecule has 2 aliphatic heterocycles. The highest BCUT2D eigenvalue weighted by atomic mass is 15.3. The molecule has 0 saturated carbocycles. The zero-order chi connectivity index (χ0) is 16.4. The van der Waals surface area contributed by atoms with Crippen LogP contribution in [0.5, 0.6) is 0 Å². The Morgan fingerprint density at radius 3 is 2.54 bits per heavy atom. The summed E-state index contributed by atoms with van der Waals surface area (Å²) in [6.07, 6.45) is 4.88. The molecule has 1 saturated heterocycles. The van der Waals surface area contributed by atoms with E-state index in [-0.39, 0.29) is 0 Å². The highest BCUT2D eigenvalue weighted by Crippen LogP contribution is 2.17. The standard InChI is InChI=1S/C17H25N7/c1-14-5-6-15(19-18-14)23-10-7-16-20-21-17(24(16)12-11-23)13-22-8-3-2-4-9-22/h5-6H,2-4,7-13H2,1H3. The predicted octanol–water partition coefficient (Wildman–Crippen LogP) is 1.43. The second kappa shape index (κ2) is 6.84. The zero-order valence-electron chi connectivity index (χ0n) is 14.4. The molecule has 2 aliphatic rings. The molecule has 2 aromatic rings. The predicted molar refractivity (Wildman–Crippen MR) is 91.8 cm³/mol. The lowest BCUT2D eigenvalue weighted by Gasteiger charge is -2.26. The number of hydrogen-bond acceptors (Lipinski definition) is 6. The van der Waals surface area contributed by atoms with Crippen molar-refractivity contribution in [1.29, 1.82) is 0 Å². The van der Waals surface area contributed by atoms with Gasteiger partial charge in [0.2, 0.25) is 0 Å². The monoisotopic (exact) mass is 327 g/mol. The molecule has 1 fully saturated rings. The third-order valence-electron chi connectivity index (χ3n) is 5.02. The van der Waals surface area contributed by atoms with Crippen molar-refractivity contribution in [3.8, 4) is 0 Å². The minimum Gasteiger partial charge on any atom is -0.353 e. The Morgan fingerprint density at radius 1 is 0.875 bits per heavy atom. The van der Waals surface area contributed by atoms with E-state index in [2.05, 4.69) is 40.8 Å². The molecule has 0 spiro atoms. The summed E-state index contributed by atoms with van der Waals surface area (Å²) in [6, 6.07) is 4.08. The number of aryl methyl sites for hydroxylation is 1. The molecule has 4 rings (SSSR count). The number of fused-ring (bicyclic) bond motifs is 1. The van der Waals surface area contributed by atoms with Gasteiger partial charge >= 0.3 is 0 Å². The maximum absolute atomic E-state index is 4.47. The first kappa shape index (κ1) is 15.5. The zero-order valence-corrected chi connectivity index (χ0v) is 14.4. The summed E-state index contributed by atoms with van der Waals surface area (Å²) in [5, 5.41) is 17.4. The molecule has 0 atom stereocenters. The van der Waals surface area contributed by atoms with Gasteiger partial charge in [0.05, 0.1) is 12.2 Å². The van der Waals surface area contributed by atoms with E-state index in [9.17, 15) is 0 Å². The van der Waals surface area contributed by atoms with Crippen molar-refractivity contribution in [2.45, 2.75) is 45.7 Å². The van der Waals surface area contributed by atoms with Gasteiger partial charge in [0.15, 0.2) is 5.82 Å². The van der Waals surface area contributed by atoms with E-state index in [1.165, 1.54) is 32.4 Å². The third-order valence-corrected chi connectivity index (χ3v) is 5.02. The van der Waals surface area contributed by atoms with Crippen LogP contribution < -0.4 is 4.90 Å². The van der Waals surface area contributed by atoms with Crippen molar-refractivity contribution in [1.82, 2.24) is 29.9 Å². The maximum Gasteiger partial charge on any atom is 0.151 e. The SMILES string of the molecule is Cc1ccc(N2CCc3nnc(CN4CCCCC4)n3CC2)nn1. The molecule has 24 heavy (non-hydrogen) atoms. The van der Waals surface area contributed by atoms with Gasteiger partial charge in [-0.3, -0.25) is 4.90 Å². The summed E-state index contributed by atoms with van der Waals surface area (Å²) in [7, 11) is 0. The normalized spacial score (nSPS) is 19.1. The van der Waals surface area contributed by atoms with E-state index < -0.39 is 0 Å². The summed E-state index contributed by atoms with van der Waals surface area (Å²) in [5.74, 6) is 3.17. The van der Waals surface area contributed by atoms with Crippen LogP contribution in [0.15, 0.2) is 12.1 Å². The first-order valence-electron chi connectivity index (χ1n) is 8.98. The van der Waals surface area contributed by atoms with Gasteiger partial charge in [0, 0.05) is 26.1 Å². The highest BCUT2D eigenvalue weighted by Gasteiger charge is 2.21. The summed E-state index contributed by atoms with van der Waals surface area (Å²) in [6.45, 7) is 8.03. The molecule has 0 amide bonds. The van der Waals surface area contributed by atoms with E-state index in [1.54, 1.807) is 0 Å². The molecule has 0 bridgehead atoms. The van der Waals surface area contributed by atoms with Gasteiger partial charge in [-0.05, 0) is 45.0 Å². The van der Waals surface area contributed by atoms with E-state index in [0.29, 0.717) is 0 Å². The Kier molecular flexibility index (Phi) is 4.42. The van der Waals surface area contributed by atoms with Crippen LogP contribution in [0.25, 0.3) is 0 Å². The third kappa shape index (κ3) is 3.26. The fourth-order valence-corrected chi connectivity index (χ4v) is 3.61. The van der Waals surface area contributed by atoms with Crippen molar-refractivity contribution in [3.63, 3.8) is 0 Å². The number of piperidine rings is 1. The van der Waals surface area contributed by atoms with Gasteiger partial charge in [-0.2, -0.15) is 5.10 Å².